The van der Waals surface area contributed by atoms with Crippen LogP contribution in [-0.4, -0.2) is 30.5 Å². The fraction of sp³-hybridized carbons (Fsp3) is 0.172. The highest BCUT2D eigenvalue weighted by atomic mass is 16.5. The molecule has 36 heavy (non-hydrogen) atoms. The number of nitrogens with zero attached hydrogens (tertiary/aromatic N) is 1. The Balaban J connectivity index is 1.48. The number of carbonyl (C=O) groups is 2. The number of benzene rings is 3. The van der Waals surface area contributed by atoms with Crippen LogP contribution in [0.4, 0.5) is 0 Å². The molecule has 7 nitrogen and oxygen atoms in total. The van der Waals surface area contributed by atoms with Crippen LogP contribution in [0.25, 0.3) is 17.0 Å². The molecule has 4 aromatic rings. The summed E-state index contributed by atoms with van der Waals surface area (Å²) in [7, 11) is 2.94. The number of ketones is 1. The first-order valence-electron chi connectivity index (χ1n) is 11.6. The zero-order chi connectivity index (χ0) is 25.4. The number of hydrogen-bond acceptors (Lipinski definition) is 6. The summed E-state index contributed by atoms with van der Waals surface area (Å²) >= 11 is 0. The number of para-hydroxylation sites is 1. The number of rotatable bonds is 6. The van der Waals surface area contributed by atoms with E-state index in [4.69, 9.17) is 18.9 Å². The smallest absolute Gasteiger partial charge is 0.351 e. The number of fused-ring (bicyclic) bond motifs is 2. The molecule has 0 atom stereocenters. The second-order valence-electron chi connectivity index (χ2n) is 8.32. The van der Waals surface area contributed by atoms with E-state index in [2.05, 4.69) is 17.6 Å². The molecule has 0 radical (unpaired) electrons. The van der Waals surface area contributed by atoms with Crippen LogP contribution in [0.5, 0.6) is 23.0 Å². The van der Waals surface area contributed by atoms with Crippen LogP contribution in [0.1, 0.15) is 38.8 Å². The monoisotopic (exact) mass is 483 g/mol. The van der Waals surface area contributed by atoms with Crippen molar-refractivity contribution in [3.63, 3.8) is 0 Å². The third kappa shape index (κ3) is 3.79. The summed E-state index contributed by atoms with van der Waals surface area (Å²) in [6.07, 6.45) is 3.78. The van der Waals surface area contributed by atoms with Crippen molar-refractivity contribution < 1.29 is 28.5 Å². The predicted molar refractivity (Wildman–Crippen MR) is 136 cm³/mol. The number of Topliss-reactive ketones (excluding diaryl/α,β-unsaturated/α-hetero) is 1. The Labute approximate surface area is 208 Å². The lowest BCUT2D eigenvalue weighted by Crippen LogP contribution is -2.12. The maximum atomic E-state index is 13.1. The molecule has 0 saturated carbocycles. The average Bonchev–Trinajstić information content (AvgIpc) is 3.42. The molecule has 1 aliphatic heterocycles. The molecule has 0 amide bonds. The highest BCUT2D eigenvalue weighted by Gasteiger charge is 2.31. The van der Waals surface area contributed by atoms with Gasteiger partial charge in [0.1, 0.15) is 28.6 Å². The molecule has 182 valence electrons. The van der Waals surface area contributed by atoms with Crippen LogP contribution in [0, 0.1) is 6.92 Å². The third-order valence-corrected chi connectivity index (χ3v) is 6.32. The van der Waals surface area contributed by atoms with Crippen LogP contribution < -0.4 is 18.9 Å². The van der Waals surface area contributed by atoms with Crippen LogP contribution in [0.3, 0.4) is 0 Å². The number of aryl methyl sites for hydroxylation is 1. The van der Waals surface area contributed by atoms with Crippen molar-refractivity contribution in [1.82, 2.24) is 4.57 Å². The SMILES string of the molecule is CCn1cc(/C=C2\Oc3c(ccc(OC(=O)c4c(OC)cccc4OC)c3C)C2=O)c2ccccc21. The maximum Gasteiger partial charge on any atom is 0.351 e. The third-order valence-electron chi connectivity index (χ3n) is 6.32. The maximum absolute atomic E-state index is 13.1. The van der Waals surface area contributed by atoms with Gasteiger partial charge < -0.3 is 23.5 Å². The van der Waals surface area contributed by atoms with Gasteiger partial charge in [-0.25, -0.2) is 4.79 Å². The van der Waals surface area contributed by atoms with Crippen LogP contribution in [0.2, 0.25) is 0 Å². The molecule has 0 fully saturated rings. The van der Waals surface area contributed by atoms with Gasteiger partial charge in [-0.3, -0.25) is 4.79 Å². The highest BCUT2D eigenvalue weighted by molar-refractivity contribution is 6.15. The Morgan fingerprint density at radius 1 is 0.972 bits per heavy atom. The van der Waals surface area contributed by atoms with Gasteiger partial charge in [-0.1, -0.05) is 24.3 Å². The quantitative estimate of drug-likeness (QED) is 0.195. The topological polar surface area (TPSA) is 76.0 Å². The molecule has 0 spiro atoms. The van der Waals surface area contributed by atoms with E-state index in [1.54, 1.807) is 43.3 Å². The minimum atomic E-state index is -0.639. The first kappa shape index (κ1) is 23.2. The first-order chi connectivity index (χ1) is 17.5. The molecule has 2 heterocycles. The molecular formula is C29H25NO6. The highest BCUT2D eigenvalue weighted by Crippen LogP contribution is 2.40. The summed E-state index contributed by atoms with van der Waals surface area (Å²) in [4.78, 5) is 26.2. The molecule has 0 N–H and O–H groups in total. The van der Waals surface area contributed by atoms with E-state index in [-0.39, 0.29) is 22.9 Å². The predicted octanol–water partition coefficient (Wildman–Crippen LogP) is 5.82. The zero-order valence-electron chi connectivity index (χ0n) is 20.5. The Kier molecular flexibility index (Phi) is 5.98. The van der Waals surface area contributed by atoms with Gasteiger partial charge in [-0.05, 0) is 50.3 Å². The second kappa shape index (κ2) is 9.26. The molecule has 0 aliphatic carbocycles. The number of ether oxygens (including phenoxy) is 4. The molecule has 3 aromatic carbocycles. The summed E-state index contributed by atoms with van der Waals surface area (Å²) in [6.45, 7) is 4.63. The van der Waals surface area contributed by atoms with E-state index in [0.717, 1.165) is 23.0 Å². The molecule has 0 bridgehead atoms. The minimum absolute atomic E-state index is 0.173. The van der Waals surface area contributed by atoms with Gasteiger partial charge in [-0.2, -0.15) is 0 Å². The minimum Gasteiger partial charge on any atom is -0.496 e. The van der Waals surface area contributed by atoms with Crippen LogP contribution in [-0.2, 0) is 6.54 Å². The van der Waals surface area contributed by atoms with Gasteiger partial charge in [0.15, 0.2) is 5.76 Å². The largest absolute Gasteiger partial charge is 0.496 e. The van der Waals surface area contributed by atoms with Crippen molar-refractivity contribution in [2.45, 2.75) is 20.4 Å². The van der Waals surface area contributed by atoms with Crippen molar-refractivity contribution in [2.24, 2.45) is 0 Å². The van der Waals surface area contributed by atoms with Crippen LogP contribution in [0.15, 0.2) is 66.6 Å². The molecule has 5 rings (SSSR count). The van der Waals surface area contributed by atoms with Crippen molar-refractivity contribution in [1.29, 1.82) is 0 Å². The number of allylic oxidation sites excluding steroid dienone is 1. The second-order valence-corrected chi connectivity index (χ2v) is 8.32. The van der Waals surface area contributed by atoms with E-state index in [1.807, 2.05) is 24.4 Å². The lowest BCUT2D eigenvalue weighted by atomic mass is 10.1. The average molecular weight is 484 g/mol. The van der Waals surface area contributed by atoms with Gasteiger partial charge in [-0.15, -0.1) is 0 Å². The zero-order valence-corrected chi connectivity index (χ0v) is 20.5. The molecule has 0 saturated heterocycles. The molecule has 1 aliphatic rings. The van der Waals surface area contributed by atoms with Gasteiger partial charge in [0.25, 0.3) is 0 Å². The molecule has 0 unspecified atom stereocenters. The van der Waals surface area contributed by atoms with E-state index >= 15 is 0 Å². The van der Waals surface area contributed by atoms with E-state index in [0.29, 0.717) is 28.4 Å². The fourth-order valence-corrected chi connectivity index (χ4v) is 4.47. The Morgan fingerprint density at radius 3 is 2.39 bits per heavy atom. The van der Waals surface area contributed by atoms with Gasteiger partial charge in [0.05, 0.1) is 19.8 Å². The Bertz CT molecular complexity index is 1520. The summed E-state index contributed by atoms with van der Waals surface area (Å²) < 4.78 is 24.5. The van der Waals surface area contributed by atoms with Crippen molar-refractivity contribution in [3.8, 4) is 23.0 Å². The number of methoxy groups -OCH3 is 2. The number of esters is 1. The van der Waals surface area contributed by atoms with Gasteiger partial charge >= 0.3 is 5.97 Å². The number of hydrogen-bond donors (Lipinski definition) is 0. The summed E-state index contributed by atoms with van der Waals surface area (Å²) in [6, 6.07) is 16.3. The summed E-state index contributed by atoms with van der Waals surface area (Å²) in [5.41, 5.74) is 3.13. The number of aromatic nitrogens is 1. The molecule has 7 heteroatoms. The lowest BCUT2D eigenvalue weighted by Gasteiger charge is -2.14. The van der Waals surface area contributed by atoms with Crippen molar-refractivity contribution >= 4 is 28.7 Å². The van der Waals surface area contributed by atoms with Crippen molar-refractivity contribution in [2.75, 3.05) is 14.2 Å². The molecular weight excluding hydrogens is 458 g/mol. The number of carbonyl (C=O) groups excluding carboxylic acids is 2. The van der Waals surface area contributed by atoms with E-state index in [1.165, 1.54) is 14.2 Å². The summed E-state index contributed by atoms with van der Waals surface area (Å²) in [5.74, 6) is 0.695. The fourth-order valence-electron chi connectivity index (χ4n) is 4.47. The Morgan fingerprint density at radius 2 is 1.69 bits per heavy atom. The molecule has 1 aromatic heterocycles. The first-order valence-corrected chi connectivity index (χ1v) is 11.6. The van der Waals surface area contributed by atoms with Gasteiger partial charge in [0, 0.05) is 34.8 Å². The van der Waals surface area contributed by atoms with E-state index < -0.39 is 5.97 Å². The summed E-state index contributed by atoms with van der Waals surface area (Å²) in [5, 5.41) is 1.04. The standard InChI is InChI=1S/C29H25NO6/c1-5-30-16-18(19-9-6-7-10-21(19)30)15-25-27(31)20-13-14-22(17(2)28(20)35-25)36-29(32)26-23(33-3)11-8-12-24(26)34-4/h6-16H,5H2,1-4H3/b25-15-. The van der Waals surface area contributed by atoms with E-state index in [9.17, 15) is 9.59 Å². The van der Waals surface area contributed by atoms with Crippen LogP contribution >= 0.6 is 0 Å². The van der Waals surface area contributed by atoms with Crippen molar-refractivity contribution in [3.05, 3.63) is 88.8 Å². The Hall–Kier alpha value is -4.52. The lowest BCUT2D eigenvalue weighted by molar-refractivity contribution is 0.0726. The normalized spacial score (nSPS) is 13.6. The van der Waals surface area contributed by atoms with Gasteiger partial charge in [0.2, 0.25) is 5.78 Å².